The lowest BCUT2D eigenvalue weighted by atomic mass is 9.83. The quantitative estimate of drug-likeness (QED) is 0.881. The molecule has 7 nitrogen and oxygen atoms in total. The molecule has 1 N–H and O–H groups in total. The lowest BCUT2D eigenvalue weighted by Crippen LogP contribution is -2.64. The van der Waals surface area contributed by atoms with Gasteiger partial charge in [-0.25, -0.2) is 0 Å². The Morgan fingerprint density at radius 2 is 2.31 bits per heavy atom. The number of aromatic nitrogens is 2. The summed E-state index contributed by atoms with van der Waals surface area (Å²) in [7, 11) is 2.00. The van der Waals surface area contributed by atoms with Crippen LogP contribution in [0.1, 0.15) is 34.8 Å². The third-order valence-corrected chi connectivity index (χ3v) is 5.44. The number of nitrogens with one attached hydrogen (secondary N) is 1. The average Bonchev–Trinajstić information content (AvgIpc) is 3.23. The summed E-state index contributed by atoms with van der Waals surface area (Å²) in [6.07, 6.45) is 3.64. The van der Waals surface area contributed by atoms with Crippen molar-refractivity contribution in [2.45, 2.75) is 31.9 Å². The molecule has 26 heavy (non-hydrogen) atoms. The summed E-state index contributed by atoms with van der Waals surface area (Å²) in [5.41, 5.74) is 2.31. The largest absolute Gasteiger partial charge is 0.459 e. The Kier molecular flexibility index (Phi) is 4.58. The highest BCUT2D eigenvalue weighted by molar-refractivity contribution is 5.91. The molecule has 4 rings (SSSR count). The van der Waals surface area contributed by atoms with Crippen molar-refractivity contribution in [3.8, 4) is 0 Å². The van der Waals surface area contributed by atoms with Gasteiger partial charge in [-0.3, -0.25) is 14.4 Å². The fourth-order valence-corrected chi connectivity index (χ4v) is 3.98. The number of nitrogens with zero attached hydrogens (tertiary/aromatic N) is 3. The van der Waals surface area contributed by atoms with E-state index in [0.717, 1.165) is 38.2 Å². The highest BCUT2D eigenvalue weighted by atomic mass is 16.5. The van der Waals surface area contributed by atoms with Crippen molar-refractivity contribution in [1.29, 1.82) is 0 Å². The van der Waals surface area contributed by atoms with Crippen molar-refractivity contribution in [2.75, 3.05) is 26.2 Å². The van der Waals surface area contributed by atoms with Gasteiger partial charge >= 0.3 is 0 Å². The van der Waals surface area contributed by atoms with Gasteiger partial charge in [-0.05, 0) is 43.9 Å². The minimum Gasteiger partial charge on any atom is -0.459 e. The molecular weight excluding hydrogens is 332 g/mol. The molecule has 0 aliphatic carbocycles. The first-order valence-electron chi connectivity index (χ1n) is 9.21. The van der Waals surface area contributed by atoms with Gasteiger partial charge in [-0.1, -0.05) is 0 Å². The van der Waals surface area contributed by atoms with Crippen LogP contribution in [0.15, 0.2) is 28.9 Å². The monoisotopic (exact) mass is 358 g/mol. The first-order chi connectivity index (χ1) is 12.5. The van der Waals surface area contributed by atoms with Crippen LogP contribution in [0.2, 0.25) is 0 Å². The molecule has 4 heterocycles. The van der Waals surface area contributed by atoms with Gasteiger partial charge in [0.15, 0.2) is 5.76 Å². The summed E-state index contributed by atoms with van der Waals surface area (Å²) >= 11 is 0. The molecule has 7 heteroatoms. The molecule has 0 aromatic carbocycles. The highest BCUT2D eigenvalue weighted by Crippen LogP contribution is 2.36. The van der Waals surface area contributed by atoms with Gasteiger partial charge < -0.3 is 14.5 Å². The molecule has 140 valence electrons. The molecule has 0 saturated carbocycles. The highest BCUT2D eigenvalue weighted by Gasteiger charge is 2.46. The number of likely N-dealkylation sites (tertiary alicyclic amines) is 1. The van der Waals surface area contributed by atoms with E-state index in [2.05, 4.69) is 21.4 Å². The van der Waals surface area contributed by atoms with Gasteiger partial charge in [0.2, 0.25) is 0 Å². The van der Waals surface area contributed by atoms with Crippen molar-refractivity contribution in [1.82, 2.24) is 20.0 Å². The zero-order valence-corrected chi connectivity index (χ0v) is 15.4. The number of rotatable bonds is 5. The summed E-state index contributed by atoms with van der Waals surface area (Å²) in [5, 5.41) is 7.34. The van der Waals surface area contributed by atoms with E-state index in [4.69, 9.17) is 9.15 Å². The van der Waals surface area contributed by atoms with Crippen molar-refractivity contribution in [3.63, 3.8) is 0 Å². The van der Waals surface area contributed by atoms with Crippen LogP contribution in [-0.2, 0) is 18.3 Å². The molecule has 1 amide bonds. The maximum Gasteiger partial charge on any atom is 0.286 e. The normalized spacial score (nSPS) is 22.3. The van der Waals surface area contributed by atoms with E-state index in [1.54, 1.807) is 12.1 Å². The number of furan rings is 1. The molecule has 2 fully saturated rings. The molecule has 2 aromatic heterocycles. The van der Waals surface area contributed by atoms with Crippen LogP contribution < -0.4 is 5.32 Å². The topological polar surface area (TPSA) is 72.5 Å². The van der Waals surface area contributed by atoms with Gasteiger partial charge in [0.05, 0.1) is 29.9 Å². The van der Waals surface area contributed by atoms with Crippen LogP contribution >= 0.6 is 0 Å². The minimum absolute atomic E-state index is 0.00909. The molecule has 0 unspecified atom stereocenters. The number of hydrogen-bond donors (Lipinski definition) is 1. The Balaban J connectivity index is 1.20. The van der Waals surface area contributed by atoms with E-state index in [1.807, 2.05) is 18.7 Å². The van der Waals surface area contributed by atoms with Crippen LogP contribution in [-0.4, -0.2) is 52.4 Å². The number of amides is 1. The Morgan fingerprint density at radius 1 is 1.46 bits per heavy atom. The summed E-state index contributed by atoms with van der Waals surface area (Å²) in [6, 6.07) is 5.54. The van der Waals surface area contributed by atoms with Gasteiger partial charge in [0.1, 0.15) is 0 Å². The first kappa shape index (κ1) is 17.3. The Hall–Kier alpha value is -2.12. The summed E-state index contributed by atoms with van der Waals surface area (Å²) in [6.45, 7) is 6.23. The minimum atomic E-state index is -0.156. The van der Waals surface area contributed by atoms with Crippen LogP contribution in [0.5, 0.6) is 0 Å². The molecule has 0 bridgehead atoms. The van der Waals surface area contributed by atoms with E-state index >= 15 is 0 Å². The predicted molar refractivity (Wildman–Crippen MR) is 95.7 cm³/mol. The predicted octanol–water partition coefficient (Wildman–Crippen LogP) is 1.73. The van der Waals surface area contributed by atoms with Crippen molar-refractivity contribution >= 4 is 5.91 Å². The third kappa shape index (κ3) is 3.54. The van der Waals surface area contributed by atoms with Gasteiger partial charge in [0, 0.05) is 33.2 Å². The molecule has 2 aliphatic rings. The van der Waals surface area contributed by atoms with Gasteiger partial charge in [-0.15, -0.1) is 0 Å². The molecule has 1 atom stereocenters. The lowest BCUT2D eigenvalue weighted by molar-refractivity contribution is -0.181. The smallest absolute Gasteiger partial charge is 0.286 e. The van der Waals surface area contributed by atoms with Crippen molar-refractivity contribution < 1.29 is 13.9 Å². The molecule has 2 saturated heterocycles. The second-order valence-electron chi connectivity index (χ2n) is 7.63. The van der Waals surface area contributed by atoms with Crippen LogP contribution in [0.25, 0.3) is 0 Å². The maximum absolute atomic E-state index is 11.9. The third-order valence-electron chi connectivity index (χ3n) is 5.44. The number of carbonyl (C=O) groups is 1. The van der Waals surface area contributed by atoms with E-state index in [0.29, 0.717) is 24.8 Å². The molecular formula is C19H26N4O3. The van der Waals surface area contributed by atoms with Crippen molar-refractivity contribution in [2.24, 2.45) is 13.0 Å². The van der Waals surface area contributed by atoms with Crippen LogP contribution in [0.4, 0.5) is 0 Å². The second kappa shape index (κ2) is 6.89. The zero-order valence-electron chi connectivity index (χ0n) is 15.4. The molecule has 0 radical (unpaired) electrons. The van der Waals surface area contributed by atoms with E-state index in [1.165, 1.54) is 12.0 Å². The van der Waals surface area contributed by atoms with Gasteiger partial charge in [0.25, 0.3) is 5.91 Å². The number of ether oxygens (including phenoxy) is 1. The first-order valence-corrected chi connectivity index (χ1v) is 9.21. The molecule has 2 aliphatic heterocycles. The summed E-state index contributed by atoms with van der Waals surface area (Å²) < 4.78 is 13.3. The van der Waals surface area contributed by atoms with Crippen LogP contribution in [0.3, 0.4) is 0 Å². The average molecular weight is 358 g/mol. The van der Waals surface area contributed by atoms with E-state index < -0.39 is 0 Å². The number of aryl methyl sites for hydroxylation is 2. The van der Waals surface area contributed by atoms with E-state index in [-0.39, 0.29) is 11.5 Å². The maximum atomic E-state index is 11.9. The van der Waals surface area contributed by atoms with Gasteiger partial charge in [-0.2, -0.15) is 5.10 Å². The molecule has 1 spiro atoms. The second-order valence-corrected chi connectivity index (χ2v) is 7.63. The summed E-state index contributed by atoms with van der Waals surface area (Å²) in [5.74, 6) is 0.572. The fraction of sp³-hybridized carbons (Fsp3) is 0.579. The van der Waals surface area contributed by atoms with Crippen LogP contribution in [0, 0.1) is 12.8 Å². The number of carbonyl (C=O) groups excluding carboxylic acids is 1. The number of hydrogen-bond acceptors (Lipinski definition) is 5. The fourth-order valence-electron chi connectivity index (χ4n) is 3.98. The SMILES string of the molecule is Cc1cc(CN2CC3(CC[C@@H](CNC(=O)c4ccco4)CO3)C2)n(C)n1. The lowest BCUT2D eigenvalue weighted by Gasteiger charge is -2.52. The Labute approximate surface area is 153 Å². The Bertz CT molecular complexity index is 752. The standard InChI is InChI=1S/C19H26N4O3/c1-14-8-16(22(2)21-14)10-23-12-19(13-23)6-5-15(11-26-19)9-20-18(24)17-4-3-7-25-17/h3-4,7-8,15H,5-6,9-13H2,1-2H3,(H,20,24)/t15-/m0/s1. The Morgan fingerprint density at radius 3 is 2.92 bits per heavy atom. The molecule has 2 aromatic rings. The van der Waals surface area contributed by atoms with Crippen molar-refractivity contribution in [3.05, 3.63) is 41.6 Å². The van der Waals surface area contributed by atoms with E-state index in [9.17, 15) is 4.79 Å². The zero-order chi connectivity index (χ0) is 18.1. The summed E-state index contributed by atoms with van der Waals surface area (Å²) in [4.78, 5) is 14.3.